The van der Waals surface area contributed by atoms with E-state index in [1.165, 1.54) is 30.0 Å². The molecule has 178 valence electrons. The number of fused-ring (bicyclic) bond motifs is 1. The molecule has 2 aliphatic rings. The van der Waals surface area contributed by atoms with E-state index in [0.717, 1.165) is 11.3 Å². The average molecular weight is 498 g/mol. The zero-order valence-corrected chi connectivity index (χ0v) is 19.9. The van der Waals surface area contributed by atoms with Crippen molar-refractivity contribution in [3.8, 4) is 0 Å². The first kappa shape index (κ1) is 24.5. The van der Waals surface area contributed by atoms with Gasteiger partial charge >= 0.3 is 11.9 Å². The summed E-state index contributed by atoms with van der Waals surface area (Å²) in [5.41, 5.74) is 5.25. The minimum atomic E-state index is -0.823. The molecule has 0 aliphatic carbocycles. The van der Waals surface area contributed by atoms with E-state index >= 15 is 0 Å². The minimum Gasteiger partial charge on any atom is -0.457 e. The molecule has 0 aromatic carbocycles. The molecule has 1 unspecified atom stereocenters. The van der Waals surface area contributed by atoms with Crippen molar-refractivity contribution < 1.29 is 33.5 Å². The van der Waals surface area contributed by atoms with Crippen LogP contribution >= 0.6 is 23.1 Å². The van der Waals surface area contributed by atoms with Crippen molar-refractivity contribution in [2.24, 2.45) is 5.16 Å². The number of thiazole rings is 1. The van der Waals surface area contributed by atoms with Gasteiger partial charge in [-0.05, 0) is 20.8 Å². The van der Waals surface area contributed by atoms with E-state index in [0.29, 0.717) is 0 Å². The first-order valence-electron chi connectivity index (χ1n) is 9.67. The van der Waals surface area contributed by atoms with Crippen LogP contribution in [0.2, 0.25) is 0 Å². The lowest BCUT2D eigenvalue weighted by molar-refractivity contribution is -0.165. The SMILES string of the molecule is CON=C(C(=O)NC1C(=O)N2C=C(C(=O)OCC(=O)OC(C)(C)C)CS[C@H]12)c1csc(N)n1. The lowest BCUT2D eigenvalue weighted by atomic mass is 10.1. The van der Waals surface area contributed by atoms with Crippen LogP contribution in [0.3, 0.4) is 0 Å². The third-order valence-corrected chi connectivity index (χ3v) is 6.23. The Balaban J connectivity index is 1.58. The van der Waals surface area contributed by atoms with Crippen LogP contribution in [0.1, 0.15) is 26.5 Å². The van der Waals surface area contributed by atoms with Gasteiger partial charge < -0.3 is 30.3 Å². The van der Waals surface area contributed by atoms with Crippen LogP contribution < -0.4 is 11.1 Å². The number of oxime groups is 1. The third kappa shape index (κ3) is 5.82. The fourth-order valence-corrected chi connectivity index (χ4v) is 4.71. The van der Waals surface area contributed by atoms with Crippen molar-refractivity contribution in [1.82, 2.24) is 15.2 Å². The number of esters is 2. The number of nitrogens with two attached hydrogens (primary N) is 1. The molecule has 12 nitrogen and oxygen atoms in total. The lowest BCUT2D eigenvalue weighted by Gasteiger charge is -2.47. The van der Waals surface area contributed by atoms with Gasteiger partial charge in [-0.15, -0.1) is 23.1 Å². The Kier molecular flexibility index (Phi) is 7.27. The molecule has 14 heteroatoms. The van der Waals surface area contributed by atoms with Crippen LogP contribution in [-0.2, 0) is 33.5 Å². The van der Waals surface area contributed by atoms with Crippen molar-refractivity contribution in [3.05, 3.63) is 22.8 Å². The molecule has 0 bridgehead atoms. The Morgan fingerprint density at radius 2 is 2.09 bits per heavy atom. The van der Waals surface area contributed by atoms with Crippen LogP contribution in [0.25, 0.3) is 0 Å². The van der Waals surface area contributed by atoms with E-state index in [4.69, 9.17) is 20.0 Å². The van der Waals surface area contributed by atoms with Gasteiger partial charge in [0.2, 0.25) is 0 Å². The number of aromatic nitrogens is 1. The van der Waals surface area contributed by atoms with E-state index in [9.17, 15) is 19.2 Å². The molecular formula is C19H23N5O7S2. The maximum atomic E-state index is 12.7. The third-order valence-electron chi connectivity index (χ3n) is 4.24. The molecule has 3 N–H and O–H groups in total. The summed E-state index contributed by atoms with van der Waals surface area (Å²) in [4.78, 5) is 59.3. The van der Waals surface area contributed by atoms with Gasteiger partial charge in [0.05, 0.1) is 5.57 Å². The van der Waals surface area contributed by atoms with Gasteiger partial charge in [0.25, 0.3) is 11.8 Å². The van der Waals surface area contributed by atoms with Crippen LogP contribution in [0.5, 0.6) is 0 Å². The van der Waals surface area contributed by atoms with E-state index in [-0.39, 0.29) is 27.9 Å². The number of thioether (sulfide) groups is 1. The maximum Gasteiger partial charge on any atom is 0.344 e. The van der Waals surface area contributed by atoms with Crippen molar-refractivity contribution in [2.75, 3.05) is 25.2 Å². The molecule has 3 rings (SSSR count). The number of ether oxygens (including phenoxy) is 2. The van der Waals surface area contributed by atoms with E-state index in [1.807, 2.05) is 0 Å². The second-order valence-corrected chi connectivity index (χ2v) is 9.90. The largest absolute Gasteiger partial charge is 0.457 e. The lowest BCUT2D eigenvalue weighted by Crippen LogP contribution is -2.69. The van der Waals surface area contributed by atoms with Crippen LogP contribution in [0, 0.1) is 0 Å². The predicted molar refractivity (Wildman–Crippen MR) is 120 cm³/mol. The average Bonchev–Trinajstić information content (AvgIpc) is 3.17. The number of nitrogens with one attached hydrogen (secondary N) is 1. The van der Waals surface area contributed by atoms with Crippen LogP contribution in [-0.4, -0.2) is 75.8 Å². The van der Waals surface area contributed by atoms with Gasteiger partial charge in [0.15, 0.2) is 17.5 Å². The minimum absolute atomic E-state index is 0.112. The van der Waals surface area contributed by atoms with E-state index in [2.05, 4.69) is 15.5 Å². The molecule has 3 heterocycles. The molecule has 0 radical (unpaired) electrons. The number of hydrogen-bond donors (Lipinski definition) is 2. The van der Waals surface area contributed by atoms with Crippen molar-refractivity contribution in [1.29, 1.82) is 0 Å². The van der Waals surface area contributed by atoms with Gasteiger partial charge in [-0.1, -0.05) is 5.16 Å². The van der Waals surface area contributed by atoms with E-state index < -0.39 is 47.4 Å². The van der Waals surface area contributed by atoms with E-state index in [1.54, 1.807) is 26.2 Å². The van der Waals surface area contributed by atoms with Gasteiger partial charge in [-0.2, -0.15) is 0 Å². The summed E-state index contributed by atoms with van der Waals surface area (Å²) in [6.45, 7) is 4.58. The quantitative estimate of drug-likeness (QED) is 0.231. The first-order chi connectivity index (χ1) is 15.5. The van der Waals surface area contributed by atoms with Crippen LogP contribution in [0.15, 0.2) is 22.3 Å². The summed E-state index contributed by atoms with van der Waals surface area (Å²) in [5, 5.41) is 7.71. The molecule has 2 amide bonds. The Hall–Kier alpha value is -3.13. The Morgan fingerprint density at radius 3 is 2.70 bits per heavy atom. The molecule has 1 aromatic rings. The number of rotatable bonds is 7. The molecule has 33 heavy (non-hydrogen) atoms. The smallest absolute Gasteiger partial charge is 0.344 e. The normalized spacial score (nSPS) is 20.2. The summed E-state index contributed by atoms with van der Waals surface area (Å²) in [6, 6.07) is -0.823. The summed E-state index contributed by atoms with van der Waals surface area (Å²) >= 11 is 2.41. The van der Waals surface area contributed by atoms with Crippen molar-refractivity contribution in [3.63, 3.8) is 0 Å². The fourth-order valence-electron chi connectivity index (χ4n) is 2.91. The second kappa shape index (κ2) is 9.79. The molecule has 1 fully saturated rings. The molecule has 1 saturated heterocycles. The molecule has 1 aromatic heterocycles. The van der Waals surface area contributed by atoms with Crippen molar-refractivity contribution in [2.45, 2.75) is 37.8 Å². The number of nitrogen functional groups attached to an aromatic ring is 1. The van der Waals surface area contributed by atoms with Gasteiger partial charge in [-0.3, -0.25) is 9.59 Å². The van der Waals surface area contributed by atoms with Gasteiger partial charge in [-0.25, -0.2) is 14.6 Å². The molecular weight excluding hydrogens is 474 g/mol. The number of hydrogen-bond acceptors (Lipinski definition) is 12. The zero-order valence-electron chi connectivity index (χ0n) is 18.3. The highest BCUT2D eigenvalue weighted by Crippen LogP contribution is 2.36. The molecule has 2 aliphatic heterocycles. The molecule has 0 saturated carbocycles. The van der Waals surface area contributed by atoms with Gasteiger partial charge in [0.1, 0.15) is 29.8 Å². The van der Waals surface area contributed by atoms with Crippen LogP contribution in [0.4, 0.5) is 5.13 Å². The first-order valence-corrected chi connectivity index (χ1v) is 11.6. The maximum absolute atomic E-state index is 12.7. The highest BCUT2D eigenvalue weighted by atomic mass is 32.2. The second-order valence-electron chi connectivity index (χ2n) is 7.91. The fraction of sp³-hybridized carbons (Fsp3) is 0.474. The number of amides is 2. The Bertz CT molecular complexity index is 1030. The Labute approximate surface area is 197 Å². The van der Waals surface area contributed by atoms with Crippen molar-refractivity contribution >= 4 is 57.7 Å². The predicted octanol–water partition coefficient (Wildman–Crippen LogP) is 0.245. The summed E-state index contributed by atoms with van der Waals surface area (Å²) in [7, 11) is 1.28. The molecule has 0 spiro atoms. The Morgan fingerprint density at radius 1 is 1.36 bits per heavy atom. The van der Waals surface area contributed by atoms with Gasteiger partial charge in [0, 0.05) is 17.3 Å². The number of nitrogens with zero attached hydrogens (tertiary/aromatic N) is 3. The number of anilines is 1. The highest BCUT2D eigenvalue weighted by Gasteiger charge is 2.50. The highest BCUT2D eigenvalue weighted by molar-refractivity contribution is 8.00. The number of carbonyl (C=O) groups is 4. The number of carbonyl (C=O) groups excluding carboxylic acids is 4. The monoisotopic (exact) mass is 497 g/mol. The summed E-state index contributed by atoms with van der Waals surface area (Å²) in [6.07, 6.45) is 1.37. The summed E-state index contributed by atoms with van der Waals surface area (Å²) < 4.78 is 10.1. The zero-order chi connectivity index (χ0) is 24.3. The summed E-state index contributed by atoms with van der Waals surface area (Å²) in [5.74, 6) is -2.21. The topological polar surface area (TPSA) is 163 Å². The molecule has 2 atom stereocenters. The standard InChI is InChI=1S/C19H23N5O7S2/c1-19(2,3)31-11(25)6-30-17(28)9-5-24-15(27)13(16(24)32-7-9)22-14(26)12(23-29-4)10-8-33-18(20)21-10/h5,8,13,16H,6-7H2,1-4H3,(H2,20,21)(H,22,26)/t13?,16-/m1/s1. The number of β-lactam (4-membered cyclic amide) rings is 1.